The molecule has 0 aromatic heterocycles. The van der Waals surface area contributed by atoms with Crippen molar-refractivity contribution in [2.24, 2.45) is 5.73 Å². The predicted molar refractivity (Wildman–Crippen MR) is 60.0 cm³/mol. The summed E-state index contributed by atoms with van der Waals surface area (Å²) >= 11 is 3.19. The zero-order valence-corrected chi connectivity index (χ0v) is 9.78. The summed E-state index contributed by atoms with van der Waals surface area (Å²) in [6, 6.07) is 3.33. The van der Waals surface area contributed by atoms with E-state index in [1.807, 2.05) is 6.92 Å². The molecule has 0 saturated carbocycles. The van der Waals surface area contributed by atoms with E-state index in [0.717, 1.165) is 5.56 Å². The number of carboxylic acids is 1. The van der Waals surface area contributed by atoms with Crippen molar-refractivity contribution >= 4 is 21.9 Å². The van der Waals surface area contributed by atoms with Gasteiger partial charge in [-0.05, 0) is 28.4 Å². The van der Waals surface area contributed by atoms with Gasteiger partial charge in [0.2, 0.25) is 0 Å². The van der Waals surface area contributed by atoms with E-state index in [9.17, 15) is 9.90 Å². The molecule has 0 bridgehead atoms. The van der Waals surface area contributed by atoms with Crippen LogP contribution in [-0.4, -0.2) is 22.7 Å². The molecule has 0 aliphatic rings. The number of hydrogen-bond acceptors (Lipinski definition) is 3. The Balaban J connectivity index is 3.25. The summed E-state index contributed by atoms with van der Waals surface area (Å²) in [6.45, 7) is 1.77. The summed E-state index contributed by atoms with van der Waals surface area (Å²) < 4.78 is 0.514. The fourth-order valence-corrected chi connectivity index (χ4v) is 1.68. The second kappa shape index (κ2) is 4.63. The molecule has 5 heteroatoms. The number of rotatable bonds is 3. The van der Waals surface area contributed by atoms with Crippen LogP contribution in [0.1, 0.15) is 17.0 Å². The lowest BCUT2D eigenvalue weighted by Gasteiger charge is -2.13. The molecule has 0 heterocycles. The van der Waals surface area contributed by atoms with E-state index in [4.69, 9.17) is 10.8 Å². The quantitative estimate of drug-likeness (QED) is 0.781. The Hall–Kier alpha value is -1.07. The van der Waals surface area contributed by atoms with Crippen LogP contribution in [-0.2, 0) is 4.79 Å². The zero-order valence-electron chi connectivity index (χ0n) is 8.20. The monoisotopic (exact) mass is 273 g/mol. The molecule has 0 fully saturated rings. The van der Waals surface area contributed by atoms with Gasteiger partial charge in [-0.2, -0.15) is 0 Å². The molecule has 1 rings (SSSR count). The Labute approximate surface area is 95.8 Å². The summed E-state index contributed by atoms with van der Waals surface area (Å²) in [4.78, 5) is 10.9. The van der Waals surface area contributed by atoms with Gasteiger partial charge in [0.05, 0.1) is 10.4 Å². The summed E-state index contributed by atoms with van der Waals surface area (Å²) in [7, 11) is 0. The van der Waals surface area contributed by atoms with E-state index in [0.29, 0.717) is 10.0 Å². The number of aromatic hydroxyl groups is 1. The third-order valence-electron chi connectivity index (χ3n) is 2.25. The second-order valence-electron chi connectivity index (χ2n) is 3.26. The molecule has 82 valence electrons. The first-order valence-corrected chi connectivity index (χ1v) is 5.19. The largest absolute Gasteiger partial charge is 0.506 e. The molecule has 0 amide bonds. The molecule has 1 aromatic carbocycles. The van der Waals surface area contributed by atoms with Crippen LogP contribution < -0.4 is 5.73 Å². The van der Waals surface area contributed by atoms with Crippen molar-refractivity contribution in [2.75, 3.05) is 6.54 Å². The second-order valence-corrected chi connectivity index (χ2v) is 4.05. The number of benzene rings is 1. The number of nitrogens with two attached hydrogens (primary N) is 1. The number of carbonyl (C=O) groups is 1. The highest BCUT2D eigenvalue weighted by molar-refractivity contribution is 9.10. The Kier molecular flexibility index (Phi) is 3.71. The number of halogens is 1. The summed E-state index contributed by atoms with van der Waals surface area (Å²) in [6.07, 6.45) is 0. The van der Waals surface area contributed by atoms with Crippen LogP contribution in [0, 0.1) is 6.92 Å². The van der Waals surface area contributed by atoms with Crippen molar-refractivity contribution in [3.63, 3.8) is 0 Å². The molecule has 15 heavy (non-hydrogen) atoms. The molecule has 4 N–H and O–H groups in total. The predicted octanol–water partition coefficient (Wildman–Crippen LogP) is 1.59. The topological polar surface area (TPSA) is 83.6 Å². The average Bonchev–Trinajstić information content (AvgIpc) is 2.18. The minimum Gasteiger partial charge on any atom is -0.506 e. The minimum atomic E-state index is -1.04. The molecular formula is C10H12BrNO3. The van der Waals surface area contributed by atoms with Gasteiger partial charge in [0.1, 0.15) is 5.75 Å². The fraction of sp³-hybridized carbons (Fsp3) is 0.300. The lowest BCUT2D eigenvalue weighted by Crippen LogP contribution is -2.21. The summed E-state index contributed by atoms with van der Waals surface area (Å²) in [5, 5.41) is 18.7. The van der Waals surface area contributed by atoms with Crippen molar-refractivity contribution in [2.45, 2.75) is 12.8 Å². The molecule has 0 radical (unpaired) electrons. The van der Waals surface area contributed by atoms with Gasteiger partial charge in [-0.3, -0.25) is 4.79 Å². The van der Waals surface area contributed by atoms with E-state index < -0.39 is 11.9 Å². The van der Waals surface area contributed by atoms with Crippen LogP contribution in [0.4, 0.5) is 0 Å². The van der Waals surface area contributed by atoms with Crippen LogP contribution in [0.15, 0.2) is 16.6 Å². The Morgan fingerprint density at radius 3 is 2.67 bits per heavy atom. The highest BCUT2D eigenvalue weighted by Crippen LogP contribution is 2.34. The van der Waals surface area contributed by atoms with Gasteiger partial charge in [0.15, 0.2) is 0 Å². The Bertz CT molecular complexity index is 392. The molecule has 0 aliphatic carbocycles. The lowest BCUT2D eigenvalue weighted by molar-refractivity contribution is -0.138. The smallest absolute Gasteiger partial charge is 0.312 e. The summed E-state index contributed by atoms with van der Waals surface area (Å²) in [5.41, 5.74) is 6.54. The third-order valence-corrected chi connectivity index (χ3v) is 3.25. The van der Waals surface area contributed by atoms with Crippen LogP contribution in [0.2, 0.25) is 0 Å². The van der Waals surface area contributed by atoms with E-state index in [1.165, 1.54) is 0 Å². The van der Waals surface area contributed by atoms with Crippen molar-refractivity contribution in [3.8, 4) is 5.75 Å². The fourth-order valence-electron chi connectivity index (χ4n) is 1.32. The van der Waals surface area contributed by atoms with Crippen molar-refractivity contribution in [1.29, 1.82) is 0 Å². The number of carboxylic acid groups (broad SMARTS) is 1. The molecule has 4 nitrogen and oxygen atoms in total. The number of aryl methyl sites for hydroxylation is 1. The van der Waals surface area contributed by atoms with E-state index in [1.54, 1.807) is 12.1 Å². The van der Waals surface area contributed by atoms with Crippen LogP contribution in [0.3, 0.4) is 0 Å². The van der Waals surface area contributed by atoms with Crippen molar-refractivity contribution in [1.82, 2.24) is 0 Å². The molecule has 0 saturated heterocycles. The highest BCUT2D eigenvalue weighted by Gasteiger charge is 2.22. The molecule has 1 aromatic rings. The standard InChI is InChI=1S/C10H12BrNO3/c1-5-2-3-6(9(13)8(5)11)7(4-12)10(14)15/h2-3,7,13H,4,12H2,1H3,(H,14,15). The first kappa shape index (κ1) is 12.0. The zero-order chi connectivity index (χ0) is 11.6. The molecule has 0 spiro atoms. The van der Waals surface area contributed by atoms with Gasteiger partial charge >= 0.3 is 5.97 Å². The first-order valence-electron chi connectivity index (χ1n) is 4.39. The van der Waals surface area contributed by atoms with E-state index in [2.05, 4.69) is 15.9 Å². The third kappa shape index (κ3) is 2.30. The molecule has 1 unspecified atom stereocenters. The number of phenols is 1. The van der Waals surface area contributed by atoms with Crippen LogP contribution in [0.25, 0.3) is 0 Å². The van der Waals surface area contributed by atoms with Crippen LogP contribution >= 0.6 is 15.9 Å². The SMILES string of the molecule is Cc1ccc(C(CN)C(=O)O)c(O)c1Br. The maximum atomic E-state index is 10.9. The number of hydrogen-bond donors (Lipinski definition) is 3. The lowest BCUT2D eigenvalue weighted by atomic mass is 9.97. The maximum absolute atomic E-state index is 10.9. The van der Waals surface area contributed by atoms with Crippen molar-refractivity contribution < 1.29 is 15.0 Å². The maximum Gasteiger partial charge on any atom is 0.312 e. The number of aliphatic carboxylic acids is 1. The Morgan fingerprint density at radius 1 is 1.60 bits per heavy atom. The van der Waals surface area contributed by atoms with Gasteiger partial charge in [-0.1, -0.05) is 12.1 Å². The van der Waals surface area contributed by atoms with Gasteiger partial charge in [0.25, 0.3) is 0 Å². The minimum absolute atomic E-state index is 0.0433. The van der Waals surface area contributed by atoms with Gasteiger partial charge < -0.3 is 15.9 Å². The van der Waals surface area contributed by atoms with Gasteiger partial charge in [-0.15, -0.1) is 0 Å². The summed E-state index contributed by atoms with van der Waals surface area (Å²) in [5.74, 6) is -1.96. The highest BCUT2D eigenvalue weighted by atomic mass is 79.9. The molecular weight excluding hydrogens is 262 g/mol. The van der Waals surface area contributed by atoms with Crippen LogP contribution in [0.5, 0.6) is 5.75 Å². The van der Waals surface area contributed by atoms with Crippen molar-refractivity contribution in [3.05, 3.63) is 27.7 Å². The van der Waals surface area contributed by atoms with Gasteiger partial charge in [-0.25, -0.2) is 0 Å². The average molecular weight is 274 g/mol. The first-order chi connectivity index (χ1) is 6.99. The molecule has 0 aliphatic heterocycles. The van der Waals surface area contributed by atoms with E-state index in [-0.39, 0.29) is 12.3 Å². The number of phenolic OH excluding ortho intramolecular Hbond substituents is 1. The normalized spacial score (nSPS) is 12.5. The molecule has 1 atom stereocenters. The van der Waals surface area contributed by atoms with E-state index >= 15 is 0 Å². The Morgan fingerprint density at radius 2 is 2.20 bits per heavy atom. The van der Waals surface area contributed by atoms with Gasteiger partial charge in [0, 0.05) is 12.1 Å².